The summed E-state index contributed by atoms with van der Waals surface area (Å²) in [5, 5.41) is 11.1. The molecule has 0 fully saturated rings. The predicted octanol–water partition coefficient (Wildman–Crippen LogP) is 5.56. The van der Waals surface area contributed by atoms with Crippen LogP contribution in [0.1, 0.15) is 5.56 Å². The number of thioether (sulfide) groups is 1. The quantitative estimate of drug-likeness (QED) is 0.495. The van der Waals surface area contributed by atoms with E-state index in [0.717, 1.165) is 35.5 Å². The zero-order valence-electron chi connectivity index (χ0n) is 15.5. The van der Waals surface area contributed by atoms with Crippen molar-refractivity contribution in [1.29, 1.82) is 0 Å². The molecule has 0 aliphatic carbocycles. The summed E-state index contributed by atoms with van der Waals surface area (Å²) in [6.07, 6.45) is -4.53. The predicted molar refractivity (Wildman–Crippen MR) is 110 cm³/mol. The van der Waals surface area contributed by atoms with Gasteiger partial charge in [0, 0.05) is 5.56 Å². The molecule has 0 atom stereocenters. The first kappa shape index (κ1) is 21.9. The molecule has 2 aromatic carbocycles. The highest BCUT2D eigenvalue weighted by atomic mass is 35.5. The fraction of sp³-hybridized carbons (Fsp3) is 0.150. The highest BCUT2D eigenvalue weighted by molar-refractivity contribution is 7.99. The van der Waals surface area contributed by atoms with Crippen molar-refractivity contribution < 1.29 is 22.7 Å². The van der Waals surface area contributed by atoms with Gasteiger partial charge in [0.1, 0.15) is 10.8 Å². The Hall–Kier alpha value is -2.78. The van der Waals surface area contributed by atoms with Gasteiger partial charge < -0.3 is 10.1 Å². The van der Waals surface area contributed by atoms with E-state index in [4.69, 9.17) is 16.3 Å². The van der Waals surface area contributed by atoms with Crippen LogP contribution >= 0.6 is 23.4 Å². The van der Waals surface area contributed by atoms with Crippen molar-refractivity contribution in [2.24, 2.45) is 0 Å². The maximum absolute atomic E-state index is 12.8. The van der Waals surface area contributed by atoms with E-state index in [2.05, 4.69) is 15.5 Å². The number of alkyl halides is 3. The molecule has 10 heteroatoms. The third-order valence-electron chi connectivity index (χ3n) is 3.94. The number of nitrogens with one attached hydrogen (secondary N) is 1. The van der Waals surface area contributed by atoms with Crippen molar-refractivity contribution in [3.05, 3.63) is 65.2 Å². The number of nitrogens with zero attached hydrogens (tertiary/aromatic N) is 2. The third kappa shape index (κ3) is 5.43. The van der Waals surface area contributed by atoms with Crippen LogP contribution in [0.25, 0.3) is 11.3 Å². The van der Waals surface area contributed by atoms with Crippen molar-refractivity contribution in [2.75, 3.05) is 18.2 Å². The molecule has 1 heterocycles. The number of hydrogen-bond acceptors (Lipinski definition) is 5. The SMILES string of the molecule is COc1ccccc1-c1ccc(SCC(=O)Nc2cc(C(F)(F)F)ccc2Cl)nn1. The zero-order chi connectivity index (χ0) is 21.7. The number of carbonyl (C=O) groups excluding carboxylic acids is 1. The van der Waals surface area contributed by atoms with E-state index in [-0.39, 0.29) is 16.5 Å². The van der Waals surface area contributed by atoms with Gasteiger partial charge in [0.2, 0.25) is 5.91 Å². The Balaban J connectivity index is 1.63. The number of para-hydroxylation sites is 1. The summed E-state index contributed by atoms with van der Waals surface area (Å²) in [5.74, 6) is 0.0660. The molecule has 1 amide bonds. The van der Waals surface area contributed by atoms with E-state index in [1.165, 1.54) is 0 Å². The van der Waals surface area contributed by atoms with Crippen LogP contribution in [0.15, 0.2) is 59.6 Å². The van der Waals surface area contributed by atoms with Gasteiger partial charge in [-0.2, -0.15) is 13.2 Å². The first-order chi connectivity index (χ1) is 14.3. The molecule has 0 aliphatic heterocycles. The van der Waals surface area contributed by atoms with Gasteiger partial charge in [-0.3, -0.25) is 4.79 Å². The number of rotatable bonds is 6. The summed E-state index contributed by atoms with van der Waals surface area (Å²) < 4.78 is 43.8. The van der Waals surface area contributed by atoms with Crippen LogP contribution < -0.4 is 10.1 Å². The van der Waals surface area contributed by atoms with E-state index in [1.54, 1.807) is 19.2 Å². The van der Waals surface area contributed by atoms with Gasteiger partial charge in [-0.1, -0.05) is 35.5 Å². The molecular weight excluding hydrogens is 439 g/mol. The van der Waals surface area contributed by atoms with E-state index in [9.17, 15) is 18.0 Å². The van der Waals surface area contributed by atoms with Crippen LogP contribution in [0.3, 0.4) is 0 Å². The Morgan fingerprint density at radius 2 is 1.90 bits per heavy atom. The molecule has 0 spiro atoms. The van der Waals surface area contributed by atoms with Crippen LogP contribution in [0.4, 0.5) is 18.9 Å². The van der Waals surface area contributed by atoms with Crippen LogP contribution in [0.2, 0.25) is 5.02 Å². The van der Waals surface area contributed by atoms with Gasteiger partial charge in [-0.15, -0.1) is 10.2 Å². The lowest BCUT2D eigenvalue weighted by Crippen LogP contribution is -2.15. The molecule has 0 saturated carbocycles. The maximum atomic E-state index is 12.8. The Bertz CT molecular complexity index is 1050. The first-order valence-corrected chi connectivity index (χ1v) is 9.91. The maximum Gasteiger partial charge on any atom is 0.416 e. The number of anilines is 1. The van der Waals surface area contributed by atoms with Gasteiger partial charge >= 0.3 is 6.18 Å². The van der Waals surface area contributed by atoms with Crippen molar-refractivity contribution in [2.45, 2.75) is 11.2 Å². The molecule has 0 aliphatic rings. The van der Waals surface area contributed by atoms with Gasteiger partial charge in [-0.25, -0.2) is 0 Å². The average molecular weight is 454 g/mol. The summed E-state index contributed by atoms with van der Waals surface area (Å²) in [6, 6.07) is 13.5. The van der Waals surface area contributed by atoms with Crippen molar-refractivity contribution in [1.82, 2.24) is 10.2 Å². The Labute approximate surface area is 179 Å². The number of halogens is 4. The lowest BCUT2D eigenvalue weighted by Gasteiger charge is -2.11. The van der Waals surface area contributed by atoms with Crippen molar-refractivity contribution >= 4 is 35.0 Å². The number of amides is 1. The summed E-state index contributed by atoms with van der Waals surface area (Å²) in [6.45, 7) is 0. The smallest absolute Gasteiger partial charge is 0.416 e. The Kier molecular flexibility index (Phi) is 6.84. The molecule has 1 N–H and O–H groups in total. The Morgan fingerprint density at radius 3 is 2.57 bits per heavy atom. The van der Waals surface area contributed by atoms with Gasteiger partial charge in [0.05, 0.1) is 34.8 Å². The number of aromatic nitrogens is 2. The first-order valence-electron chi connectivity index (χ1n) is 8.54. The van der Waals surface area contributed by atoms with Crippen molar-refractivity contribution in [3.63, 3.8) is 0 Å². The number of carbonyl (C=O) groups is 1. The lowest BCUT2D eigenvalue weighted by molar-refractivity contribution is -0.137. The topological polar surface area (TPSA) is 64.1 Å². The minimum atomic E-state index is -4.53. The van der Waals surface area contributed by atoms with E-state index < -0.39 is 17.6 Å². The molecule has 156 valence electrons. The molecule has 30 heavy (non-hydrogen) atoms. The fourth-order valence-electron chi connectivity index (χ4n) is 2.52. The molecule has 0 radical (unpaired) electrons. The standard InChI is InChI=1S/C20H15ClF3N3O2S/c1-29-17-5-3-2-4-13(17)15-8-9-19(27-26-15)30-11-18(28)25-16-10-12(20(22,23)24)6-7-14(16)21/h2-10H,11H2,1H3,(H,25,28). The van der Waals surface area contributed by atoms with Crippen LogP contribution in [0.5, 0.6) is 5.75 Å². The third-order valence-corrected chi connectivity index (χ3v) is 5.19. The molecule has 3 aromatic rings. The average Bonchev–Trinajstić information content (AvgIpc) is 2.73. The van der Waals surface area contributed by atoms with Crippen LogP contribution in [0, 0.1) is 0 Å². The van der Waals surface area contributed by atoms with E-state index in [1.807, 2.05) is 24.3 Å². The lowest BCUT2D eigenvalue weighted by atomic mass is 10.1. The number of methoxy groups -OCH3 is 1. The zero-order valence-corrected chi connectivity index (χ0v) is 17.1. The molecule has 1 aromatic heterocycles. The monoisotopic (exact) mass is 453 g/mol. The van der Waals surface area contributed by atoms with Gasteiger partial charge in [-0.05, 0) is 42.5 Å². The number of benzene rings is 2. The largest absolute Gasteiger partial charge is 0.496 e. The number of ether oxygens (including phenoxy) is 1. The minimum Gasteiger partial charge on any atom is -0.496 e. The normalized spacial score (nSPS) is 11.2. The van der Waals surface area contributed by atoms with E-state index >= 15 is 0 Å². The highest BCUT2D eigenvalue weighted by Gasteiger charge is 2.31. The van der Waals surface area contributed by atoms with Crippen LogP contribution in [-0.2, 0) is 11.0 Å². The van der Waals surface area contributed by atoms with Gasteiger partial charge in [0.15, 0.2) is 0 Å². The highest BCUT2D eigenvalue weighted by Crippen LogP contribution is 2.34. The van der Waals surface area contributed by atoms with Crippen molar-refractivity contribution in [3.8, 4) is 17.0 Å². The summed E-state index contributed by atoms with van der Waals surface area (Å²) in [5.41, 5.74) is 0.389. The second kappa shape index (κ2) is 9.36. The van der Waals surface area contributed by atoms with E-state index in [0.29, 0.717) is 16.5 Å². The summed E-state index contributed by atoms with van der Waals surface area (Å²) >= 11 is 6.98. The molecule has 0 saturated heterocycles. The van der Waals surface area contributed by atoms with Crippen LogP contribution in [-0.4, -0.2) is 29.0 Å². The molecule has 0 bridgehead atoms. The second-order valence-electron chi connectivity index (χ2n) is 5.99. The van der Waals surface area contributed by atoms with Gasteiger partial charge in [0.25, 0.3) is 0 Å². The summed E-state index contributed by atoms with van der Waals surface area (Å²) in [7, 11) is 1.56. The second-order valence-corrected chi connectivity index (χ2v) is 7.39. The molecule has 3 rings (SSSR count). The molecule has 0 unspecified atom stereocenters. The number of hydrogen-bond donors (Lipinski definition) is 1. The molecular formula is C20H15ClF3N3O2S. The minimum absolute atomic E-state index is 0.0160. The summed E-state index contributed by atoms with van der Waals surface area (Å²) in [4.78, 5) is 12.1. The Morgan fingerprint density at radius 1 is 1.13 bits per heavy atom. The fourth-order valence-corrected chi connectivity index (χ4v) is 3.30. The molecule has 5 nitrogen and oxygen atoms in total.